The second-order valence-electron chi connectivity index (χ2n) is 6.18. The van der Waals surface area contributed by atoms with E-state index in [-0.39, 0.29) is 24.3 Å². The molecule has 0 spiro atoms. The lowest BCUT2D eigenvalue weighted by molar-refractivity contribution is -0.116. The highest BCUT2D eigenvalue weighted by Gasteiger charge is 2.11. The number of para-hydroxylation sites is 2. The molecule has 0 aliphatic carbocycles. The Bertz CT molecular complexity index is 947. The molecule has 2 heterocycles. The Balaban J connectivity index is 1.61. The van der Waals surface area contributed by atoms with E-state index < -0.39 is 0 Å². The first-order valence-electron chi connectivity index (χ1n) is 8.11. The van der Waals surface area contributed by atoms with Crippen LogP contribution in [0.2, 0.25) is 0 Å². The largest absolute Gasteiger partial charge is 0.319 e. The number of H-pyrrole nitrogens is 1. The van der Waals surface area contributed by atoms with Crippen molar-refractivity contribution in [1.29, 1.82) is 0 Å². The quantitative estimate of drug-likeness (QED) is 0.706. The predicted molar refractivity (Wildman–Crippen MR) is 97.8 cm³/mol. The van der Waals surface area contributed by atoms with Crippen LogP contribution in [0.15, 0.2) is 29.1 Å². The van der Waals surface area contributed by atoms with Crippen LogP contribution in [-0.4, -0.2) is 26.1 Å². The summed E-state index contributed by atoms with van der Waals surface area (Å²) >= 11 is 1.38. The first-order valence-corrected chi connectivity index (χ1v) is 8.93. The highest BCUT2D eigenvalue weighted by molar-refractivity contribution is 7.15. The van der Waals surface area contributed by atoms with Crippen LogP contribution in [0.25, 0.3) is 11.0 Å². The van der Waals surface area contributed by atoms with Gasteiger partial charge in [-0.3, -0.25) is 9.59 Å². The molecule has 0 aliphatic rings. The number of amides is 1. The third kappa shape index (κ3) is 4.48. The van der Waals surface area contributed by atoms with E-state index in [1.165, 1.54) is 11.3 Å². The molecule has 0 saturated carbocycles. The Hall–Kier alpha value is -2.61. The lowest BCUT2D eigenvalue weighted by atomic mass is 10.1. The number of hydrogen-bond donors (Lipinski definition) is 2. The van der Waals surface area contributed by atoms with E-state index >= 15 is 0 Å². The number of carbonyl (C=O) groups excluding carboxylic acids is 1. The van der Waals surface area contributed by atoms with Crippen molar-refractivity contribution in [3.63, 3.8) is 0 Å². The molecular formula is C17H19N5O2S. The fourth-order valence-corrected chi connectivity index (χ4v) is 3.35. The molecule has 0 aliphatic heterocycles. The number of carbonyl (C=O) groups is 1. The van der Waals surface area contributed by atoms with Gasteiger partial charge in [0.25, 0.3) is 5.56 Å². The van der Waals surface area contributed by atoms with Crippen LogP contribution in [0.4, 0.5) is 5.13 Å². The minimum absolute atomic E-state index is 0.160. The summed E-state index contributed by atoms with van der Waals surface area (Å²) < 4.78 is 0. The second kappa shape index (κ2) is 7.52. The molecule has 0 radical (unpaired) electrons. The summed E-state index contributed by atoms with van der Waals surface area (Å²) in [5.41, 5.74) is 1.49. The van der Waals surface area contributed by atoms with Gasteiger partial charge in [-0.1, -0.05) is 37.3 Å². The third-order valence-electron chi connectivity index (χ3n) is 3.55. The lowest BCUT2D eigenvalue weighted by Gasteiger charge is -2.03. The molecular weight excluding hydrogens is 338 g/mol. The van der Waals surface area contributed by atoms with Crippen molar-refractivity contribution in [2.24, 2.45) is 5.92 Å². The molecule has 2 aromatic heterocycles. The number of aryl methyl sites for hydroxylation is 1. The average molecular weight is 357 g/mol. The van der Waals surface area contributed by atoms with E-state index in [4.69, 9.17) is 0 Å². The number of nitrogens with zero attached hydrogens (tertiary/aromatic N) is 3. The zero-order valence-electron chi connectivity index (χ0n) is 14.1. The summed E-state index contributed by atoms with van der Waals surface area (Å²) in [4.78, 5) is 31.2. The molecule has 1 aromatic carbocycles. The minimum atomic E-state index is -0.262. The molecule has 0 bridgehead atoms. The Labute approximate surface area is 148 Å². The SMILES string of the molecule is CC(C)Cc1nnc(NC(=O)CCc2nc3ccccc3[nH]c2=O)s1. The first kappa shape index (κ1) is 17.2. The molecule has 3 aromatic rings. The zero-order chi connectivity index (χ0) is 17.8. The number of aromatic amines is 1. The van der Waals surface area contributed by atoms with E-state index in [1.54, 1.807) is 6.07 Å². The number of anilines is 1. The third-order valence-corrected chi connectivity index (χ3v) is 4.42. The van der Waals surface area contributed by atoms with Crippen molar-refractivity contribution in [3.05, 3.63) is 45.3 Å². The Morgan fingerprint density at radius 2 is 2.08 bits per heavy atom. The van der Waals surface area contributed by atoms with Crippen LogP contribution in [-0.2, 0) is 17.6 Å². The predicted octanol–water partition coefficient (Wildman–Crippen LogP) is 2.54. The maximum Gasteiger partial charge on any atom is 0.270 e. The van der Waals surface area contributed by atoms with Gasteiger partial charge in [0.1, 0.15) is 10.7 Å². The number of hydrogen-bond acceptors (Lipinski definition) is 6. The van der Waals surface area contributed by atoms with Crippen molar-refractivity contribution in [3.8, 4) is 0 Å². The van der Waals surface area contributed by atoms with Crippen LogP contribution in [0.3, 0.4) is 0 Å². The van der Waals surface area contributed by atoms with Gasteiger partial charge in [-0.15, -0.1) is 10.2 Å². The Kier molecular flexibility index (Phi) is 5.18. The van der Waals surface area contributed by atoms with Crippen LogP contribution in [0, 0.1) is 5.92 Å². The molecule has 0 fully saturated rings. The highest BCUT2D eigenvalue weighted by atomic mass is 32.1. The van der Waals surface area contributed by atoms with Crippen molar-refractivity contribution >= 4 is 33.4 Å². The molecule has 2 N–H and O–H groups in total. The minimum Gasteiger partial charge on any atom is -0.319 e. The van der Waals surface area contributed by atoms with E-state index in [1.807, 2.05) is 18.2 Å². The zero-order valence-corrected chi connectivity index (χ0v) is 14.9. The van der Waals surface area contributed by atoms with E-state index in [0.717, 1.165) is 11.4 Å². The van der Waals surface area contributed by atoms with Crippen molar-refractivity contribution in [1.82, 2.24) is 20.2 Å². The van der Waals surface area contributed by atoms with Crippen LogP contribution < -0.4 is 10.9 Å². The second-order valence-corrected chi connectivity index (χ2v) is 7.24. The smallest absolute Gasteiger partial charge is 0.270 e. The van der Waals surface area contributed by atoms with Gasteiger partial charge in [0, 0.05) is 19.3 Å². The molecule has 130 valence electrons. The summed E-state index contributed by atoms with van der Waals surface area (Å²) in [7, 11) is 0. The monoisotopic (exact) mass is 357 g/mol. The topological polar surface area (TPSA) is 101 Å². The maximum atomic E-state index is 12.1. The highest BCUT2D eigenvalue weighted by Crippen LogP contribution is 2.18. The van der Waals surface area contributed by atoms with Crippen molar-refractivity contribution in [2.45, 2.75) is 33.1 Å². The first-order chi connectivity index (χ1) is 12.0. The van der Waals surface area contributed by atoms with Crippen LogP contribution in [0.5, 0.6) is 0 Å². The number of benzene rings is 1. The summed E-state index contributed by atoms with van der Waals surface area (Å²) in [6, 6.07) is 7.31. The number of rotatable bonds is 6. The molecule has 1 amide bonds. The average Bonchev–Trinajstić information content (AvgIpc) is 2.99. The molecule has 25 heavy (non-hydrogen) atoms. The number of fused-ring (bicyclic) bond motifs is 1. The molecule has 0 atom stereocenters. The molecule has 8 heteroatoms. The van der Waals surface area contributed by atoms with Gasteiger partial charge in [-0.2, -0.15) is 0 Å². The summed E-state index contributed by atoms with van der Waals surface area (Å²) in [6.45, 7) is 4.21. The van der Waals surface area contributed by atoms with Crippen molar-refractivity contribution < 1.29 is 4.79 Å². The van der Waals surface area contributed by atoms with Crippen LogP contribution >= 0.6 is 11.3 Å². The van der Waals surface area contributed by atoms with E-state index in [0.29, 0.717) is 27.8 Å². The van der Waals surface area contributed by atoms with Gasteiger partial charge in [-0.25, -0.2) is 4.98 Å². The van der Waals surface area contributed by atoms with E-state index in [2.05, 4.69) is 39.3 Å². The van der Waals surface area contributed by atoms with Gasteiger partial charge < -0.3 is 10.3 Å². The molecule has 0 unspecified atom stereocenters. The Morgan fingerprint density at radius 3 is 2.88 bits per heavy atom. The van der Waals surface area contributed by atoms with Gasteiger partial charge >= 0.3 is 0 Å². The standard InChI is InChI=1S/C17H19N5O2S/c1-10(2)9-15-21-22-17(25-15)20-14(23)8-7-13-16(24)19-12-6-4-3-5-11(12)18-13/h3-6,10H,7-9H2,1-2H3,(H,19,24)(H,20,22,23). The molecule has 7 nitrogen and oxygen atoms in total. The lowest BCUT2D eigenvalue weighted by Crippen LogP contribution is -2.18. The van der Waals surface area contributed by atoms with Crippen LogP contribution in [0.1, 0.15) is 31.0 Å². The summed E-state index contributed by atoms with van der Waals surface area (Å²) in [6.07, 6.45) is 1.26. The van der Waals surface area contributed by atoms with Gasteiger partial charge in [-0.05, 0) is 18.1 Å². The maximum absolute atomic E-state index is 12.1. The molecule has 0 saturated heterocycles. The van der Waals surface area contributed by atoms with Gasteiger partial charge in [0.05, 0.1) is 11.0 Å². The fraction of sp³-hybridized carbons (Fsp3) is 0.353. The number of nitrogens with one attached hydrogen (secondary N) is 2. The number of aromatic nitrogens is 4. The Morgan fingerprint density at radius 1 is 1.28 bits per heavy atom. The van der Waals surface area contributed by atoms with Gasteiger partial charge in [0.2, 0.25) is 11.0 Å². The van der Waals surface area contributed by atoms with Gasteiger partial charge in [0.15, 0.2) is 0 Å². The molecule has 3 rings (SSSR count). The normalized spacial score (nSPS) is 11.2. The summed E-state index contributed by atoms with van der Waals surface area (Å²) in [5, 5.41) is 12.2. The van der Waals surface area contributed by atoms with Crippen molar-refractivity contribution in [2.75, 3.05) is 5.32 Å². The summed E-state index contributed by atoms with van der Waals surface area (Å²) in [5.74, 6) is 0.281. The van der Waals surface area contributed by atoms with E-state index in [9.17, 15) is 9.59 Å². The fourth-order valence-electron chi connectivity index (χ4n) is 2.39.